The smallest absolute Gasteiger partial charge is 0.427 e. The Morgan fingerprint density at radius 3 is 1.31 bits per heavy atom. The molecule has 0 saturated heterocycles. The zero-order valence-corrected chi connectivity index (χ0v) is 33.6. The van der Waals surface area contributed by atoms with Gasteiger partial charge in [-0.1, -0.05) is 148 Å². The Hall–Kier alpha value is -2.10. The Labute approximate surface area is 319 Å². The Balaban J connectivity index is 0.000000425. The summed E-state index contributed by atoms with van der Waals surface area (Å²) in [5, 5.41) is 25.1. The molecule has 0 amide bonds. The molecular formula is C40H55B2Br2N2O2S. The van der Waals surface area contributed by atoms with Gasteiger partial charge in [-0.2, -0.15) is 11.8 Å². The normalized spacial score (nSPS) is 12.6. The van der Waals surface area contributed by atoms with E-state index in [1.54, 1.807) is 16.7 Å². The molecule has 4 rings (SSSR count). The molecule has 4 aromatic rings. The van der Waals surface area contributed by atoms with Crippen molar-refractivity contribution >= 4 is 55.3 Å². The van der Waals surface area contributed by atoms with Crippen LogP contribution in [0.4, 0.5) is 0 Å². The molecule has 0 aliphatic heterocycles. The van der Waals surface area contributed by atoms with Crippen LogP contribution in [0.5, 0.6) is 0 Å². The summed E-state index contributed by atoms with van der Waals surface area (Å²) in [7, 11) is -1.19. The fourth-order valence-corrected chi connectivity index (χ4v) is 5.44. The van der Waals surface area contributed by atoms with Gasteiger partial charge in [-0.3, -0.25) is 0 Å². The molecule has 4 nitrogen and oxygen atoms in total. The minimum Gasteiger partial charge on any atom is -0.427 e. The molecule has 4 aromatic carbocycles. The number of benzene rings is 4. The Bertz CT molecular complexity index is 1310. The number of hydrogen-bond acceptors (Lipinski definition) is 5. The number of halogens is 2. The maximum Gasteiger partial charge on any atom is 0.451 e. The third-order valence-electron chi connectivity index (χ3n) is 7.93. The topological polar surface area (TPSA) is 64.5 Å². The molecule has 0 aliphatic rings. The highest BCUT2D eigenvalue weighted by atomic mass is 79.9. The predicted octanol–water partition coefficient (Wildman–Crippen LogP) is 10.4. The monoisotopic (exact) mass is 807 g/mol. The van der Waals surface area contributed by atoms with E-state index in [0.717, 1.165) is 32.4 Å². The number of nitrogens with one attached hydrogen (secondary N) is 2. The van der Waals surface area contributed by atoms with Crippen LogP contribution in [0, 0.1) is 0 Å². The van der Waals surface area contributed by atoms with Crippen LogP contribution < -0.4 is 10.6 Å². The van der Waals surface area contributed by atoms with Crippen LogP contribution in [0.3, 0.4) is 0 Å². The molecule has 0 bridgehead atoms. The molecule has 9 heteroatoms. The van der Waals surface area contributed by atoms with Crippen molar-refractivity contribution in [1.82, 2.24) is 10.6 Å². The summed E-state index contributed by atoms with van der Waals surface area (Å²) in [5.41, 5.74) is 5.31. The van der Waals surface area contributed by atoms with E-state index in [2.05, 4.69) is 172 Å². The van der Waals surface area contributed by atoms with Gasteiger partial charge in [0, 0.05) is 23.9 Å². The fourth-order valence-electron chi connectivity index (χ4n) is 5.44. The van der Waals surface area contributed by atoms with Crippen molar-refractivity contribution in [2.75, 3.05) is 25.6 Å². The molecule has 0 aromatic heterocycles. The van der Waals surface area contributed by atoms with Gasteiger partial charge in [-0.15, -0.1) is 38.1 Å². The van der Waals surface area contributed by atoms with Crippen LogP contribution in [0.2, 0.25) is 6.32 Å². The summed E-state index contributed by atoms with van der Waals surface area (Å²) >= 11 is 7.62. The molecular weight excluding hydrogens is 754 g/mol. The van der Waals surface area contributed by atoms with Crippen molar-refractivity contribution in [2.45, 2.75) is 63.3 Å². The summed E-state index contributed by atoms with van der Waals surface area (Å²) in [6.07, 6.45) is 9.22. The van der Waals surface area contributed by atoms with Gasteiger partial charge in [0.25, 0.3) is 4.93 Å². The molecule has 0 saturated carbocycles. The minimum absolute atomic E-state index is 0.248. The zero-order chi connectivity index (χ0) is 36.1. The van der Waals surface area contributed by atoms with E-state index in [1.807, 2.05) is 30.7 Å². The Morgan fingerprint density at radius 2 is 0.980 bits per heavy atom. The Morgan fingerprint density at radius 1 is 0.653 bits per heavy atom. The second-order valence-electron chi connectivity index (χ2n) is 11.6. The molecule has 263 valence electrons. The summed E-state index contributed by atoms with van der Waals surface area (Å²) in [6.45, 7) is 10.1. The standard InChI is InChI=1S/C19H26BNO2.C19H23N.C2H6S.BBr2/c1-16(17-10-4-2-5-11-17)19(18-12-6-3-7-13-18)21-15-9-8-14-20(22)23;1-3-4-15-20-19(18-13-9-6-10-14-18)16(2)17-11-7-5-8-12-17;1-3-2;2-1-3/h2-7,10-13,16,19,21-23H,8-9,14-15H2,1H3;3,5-14,16,19-20H,1,4,15H2,2H3;1-2H3;/t2*16-,19+;;/m11../s1. The van der Waals surface area contributed by atoms with Crippen LogP contribution in [0.25, 0.3) is 0 Å². The highest BCUT2D eigenvalue weighted by Crippen LogP contribution is 2.31. The second kappa shape index (κ2) is 29.6. The summed E-state index contributed by atoms with van der Waals surface area (Å²) < 4.78 is 0. The quantitative estimate of drug-likeness (QED) is 0.0516. The van der Waals surface area contributed by atoms with E-state index < -0.39 is 7.12 Å². The summed E-state index contributed by atoms with van der Waals surface area (Å²) in [5.74, 6) is 0.797. The van der Waals surface area contributed by atoms with Gasteiger partial charge in [-0.05, 0) is 67.0 Å². The molecule has 49 heavy (non-hydrogen) atoms. The first-order chi connectivity index (χ1) is 23.8. The molecule has 0 spiro atoms. The first-order valence-corrected chi connectivity index (χ1v) is 20.4. The minimum atomic E-state index is -1.19. The molecule has 1 radical (unpaired) electrons. The first kappa shape index (κ1) is 44.9. The van der Waals surface area contributed by atoms with Crippen LogP contribution >= 0.6 is 43.3 Å². The van der Waals surface area contributed by atoms with E-state index >= 15 is 0 Å². The molecule has 4 atom stereocenters. The summed E-state index contributed by atoms with van der Waals surface area (Å²) in [6, 6.07) is 43.0. The summed E-state index contributed by atoms with van der Waals surface area (Å²) in [4.78, 5) is 1.62. The van der Waals surface area contributed by atoms with Crippen molar-refractivity contribution in [1.29, 1.82) is 0 Å². The van der Waals surface area contributed by atoms with Gasteiger partial charge in [0.05, 0.1) is 0 Å². The highest BCUT2D eigenvalue weighted by Gasteiger charge is 2.21. The van der Waals surface area contributed by atoms with Gasteiger partial charge in [0.2, 0.25) is 0 Å². The molecule has 0 unspecified atom stereocenters. The molecule has 4 N–H and O–H groups in total. The van der Waals surface area contributed by atoms with Crippen LogP contribution in [-0.4, -0.2) is 47.7 Å². The zero-order valence-electron chi connectivity index (χ0n) is 29.6. The van der Waals surface area contributed by atoms with Gasteiger partial charge >= 0.3 is 7.12 Å². The number of rotatable bonds is 16. The predicted molar refractivity (Wildman–Crippen MR) is 226 cm³/mol. The highest BCUT2D eigenvalue weighted by molar-refractivity contribution is 9.47. The number of thioether (sulfide) groups is 1. The maximum atomic E-state index is 8.91. The van der Waals surface area contributed by atoms with Crippen molar-refractivity contribution in [3.05, 3.63) is 156 Å². The van der Waals surface area contributed by atoms with Gasteiger partial charge < -0.3 is 20.7 Å². The third kappa shape index (κ3) is 19.8. The molecule has 0 heterocycles. The third-order valence-corrected chi connectivity index (χ3v) is 7.93. The molecule has 0 aliphatic carbocycles. The van der Waals surface area contributed by atoms with Gasteiger partial charge in [-0.25, -0.2) is 0 Å². The van der Waals surface area contributed by atoms with Crippen LogP contribution in [0.15, 0.2) is 134 Å². The average Bonchev–Trinajstić information content (AvgIpc) is 3.13. The van der Waals surface area contributed by atoms with Crippen molar-refractivity contribution in [3.63, 3.8) is 0 Å². The SMILES string of the molecule is Br[B]Br.C=CCCN[C@H](c1ccccc1)[C@H](C)c1ccccc1.CSC.C[C@H](c1ccccc1)[C@H](NCCCCB(O)O)c1ccccc1. The van der Waals surface area contributed by atoms with E-state index in [-0.39, 0.29) is 6.04 Å². The maximum absolute atomic E-state index is 8.91. The van der Waals surface area contributed by atoms with E-state index in [0.29, 0.717) is 24.2 Å². The lowest BCUT2D eigenvalue weighted by Gasteiger charge is -2.26. The first-order valence-electron chi connectivity index (χ1n) is 16.9. The average molecular weight is 809 g/mol. The van der Waals surface area contributed by atoms with Crippen molar-refractivity contribution in [3.8, 4) is 0 Å². The van der Waals surface area contributed by atoms with E-state index in [1.165, 1.54) is 22.3 Å². The lowest BCUT2D eigenvalue weighted by Crippen LogP contribution is -2.27. The van der Waals surface area contributed by atoms with E-state index in [9.17, 15) is 0 Å². The van der Waals surface area contributed by atoms with Crippen LogP contribution in [0.1, 0.15) is 79.3 Å². The van der Waals surface area contributed by atoms with E-state index in [4.69, 9.17) is 10.0 Å². The second-order valence-corrected chi connectivity index (χ2v) is 14.6. The molecule has 0 fully saturated rings. The number of hydrogen-bond donors (Lipinski definition) is 4. The largest absolute Gasteiger partial charge is 0.451 e. The fraction of sp³-hybridized carbons (Fsp3) is 0.350. The number of unbranched alkanes of at least 4 members (excludes halogenated alkanes) is 1. The lowest BCUT2D eigenvalue weighted by molar-refractivity contribution is 0.399. The van der Waals surface area contributed by atoms with Gasteiger partial charge in [0.15, 0.2) is 0 Å². The van der Waals surface area contributed by atoms with Crippen molar-refractivity contribution < 1.29 is 10.0 Å². The van der Waals surface area contributed by atoms with Crippen LogP contribution in [-0.2, 0) is 0 Å². The van der Waals surface area contributed by atoms with Crippen molar-refractivity contribution in [2.24, 2.45) is 0 Å². The van der Waals surface area contributed by atoms with Gasteiger partial charge in [0.1, 0.15) is 0 Å². The lowest BCUT2D eigenvalue weighted by atomic mass is 9.83. The Kier molecular flexibility index (Phi) is 27.1.